The van der Waals surface area contributed by atoms with Crippen LogP contribution in [0, 0.1) is 24.2 Å². The van der Waals surface area contributed by atoms with Gasteiger partial charge in [0.15, 0.2) is 0 Å². The van der Waals surface area contributed by atoms with E-state index in [-0.39, 0.29) is 23.8 Å². The van der Waals surface area contributed by atoms with E-state index in [1.54, 1.807) is 31.4 Å². The standard InChI is InChI=1S/C26H29N5O3/c1-16-14-28-23(30-22(16)26-9-3-4-17(7-10-26)8-11-26)24(32)29-19-15-34-21-12-18(13-27)5-6-20(21)31(2)25(19)33/h5-6,12,14,17,19H,3-4,7-11,15H2,1-2H3,(H,29,32). The second-order valence-electron chi connectivity index (χ2n) is 9.87. The number of hydrogen-bond acceptors (Lipinski definition) is 6. The van der Waals surface area contributed by atoms with E-state index in [0.717, 1.165) is 36.4 Å². The minimum absolute atomic E-state index is 0.0244. The van der Waals surface area contributed by atoms with Gasteiger partial charge in [0.1, 0.15) is 18.4 Å². The number of rotatable bonds is 3. The topological polar surface area (TPSA) is 108 Å². The molecule has 2 amide bonds. The first-order valence-electron chi connectivity index (χ1n) is 12.0. The maximum atomic E-state index is 13.2. The van der Waals surface area contributed by atoms with Gasteiger partial charge in [-0.25, -0.2) is 9.97 Å². The summed E-state index contributed by atoms with van der Waals surface area (Å²) in [5, 5.41) is 11.9. The lowest BCUT2D eigenvalue weighted by Crippen LogP contribution is -2.49. The lowest BCUT2D eigenvalue weighted by molar-refractivity contribution is -0.120. The number of amides is 2. The molecule has 34 heavy (non-hydrogen) atoms. The molecule has 1 atom stereocenters. The number of anilines is 1. The zero-order chi connectivity index (χ0) is 23.9. The number of ether oxygens (including phenoxy) is 1. The van der Waals surface area contributed by atoms with E-state index >= 15 is 0 Å². The molecule has 1 aromatic heterocycles. The second kappa shape index (κ2) is 8.71. The van der Waals surface area contributed by atoms with Crippen molar-refractivity contribution in [2.45, 2.75) is 63.3 Å². The number of benzene rings is 1. The maximum Gasteiger partial charge on any atom is 0.289 e. The van der Waals surface area contributed by atoms with Crippen LogP contribution in [0.4, 0.5) is 5.69 Å². The van der Waals surface area contributed by atoms with E-state index in [1.165, 1.54) is 30.6 Å². The average molecular weight is 460 g/mol. The fraction of sp³-hybridized carbons (Fsp3) is 0.500. The van der Waals surface area contributed by atoms with Crippen LogP contribution in [-0.2, 0) is 10.2 Å². The van der Waals surface area contributed by atoms with Gasteiger partial charge in [-0.15, -0.1) is 0 Å². The largest absolute Gasteiger partial charge is 0.489 e. The highest BCUT2D eigenvalue weighted by Crippen LogP contribution is 2.49. The molecule has 3 fully saturated rings. The number of nitriles is 1. The Kier molecular flexibility index (Phi) is 5.72. The Labute approximate surface area is 199 Å². The Morgan fingerprint density at radius 3 is 2.82 bits per heavy atom. The number of nitrogens with one attached hydrogen (secondary N) is 1. The molecule has 0 radical (unpaired) electrons. The number of aryl methyl sites for hydroxylation is 1. The van der Waals surface area contributed by atoms with Gasteiger partial charge in [-0.1, -0.05) is 12.8 Å². The molecule has 176 valence electrons. The van der Waals surface area contributed by atoms with Crippen LogP contribution < -0.4 is 15.0 Å². The van der Waals surface area contributed by atoms with E-state index in [1.807, 2.05) is 6.92 Å². The molecule has 6 rings (SSSR count). The smallest absolute Gasteiger partial charge is 0.289 e. The fourth-order valence-electron chi connectivity index (χ4n) is 5.84. The Balaban J connectivity index is 1.37. The molecule has 2 heterocycles. The third kappa shape index (κ3) is 3.89. The first-order valence-corrected chi connectivity index (χ1v) is 12.0. The van der Waals surface area contributed by atoms with Crippen LogP contribution >= 0.6 is 0 Å². The number of fused-ring (bicyclic) bond motifs is 5. The van der Waals surface area contributed by atoms with Crippen LogP contribution in [0.5, 0.6) is 5.75 Å². The quantitative estimate of drug-likeness (QED) is 0.753. The minimum atomic E-state index is -0.893. The summed E-state index contributed by atoms with van der Waals surface area (Å²) in [5.74, 6) is 0.560. The fourth-order valence-corrected chi connectivity index (χ4v) is 5.84. The summed E-state index contributed by atoms with van der Waals surface area (Å²) in [5.41, 5.74) is 3.03. The lowest BCUT2D eigenvalue weighted by Gasteiger charge is -2.37. The molecule has 0 spiro atoms. The molecule has 2 bridgehead atoms. The van der Waals surface area contributed by atoms with Gasteiger partial charge >= 0.3 is 0 Å². The molecule has 0 saturated heterocycles. The number of hydrogen-bond donors (Lipinski definition) is 1. The monoisotopic (exact) mass is 459 g/mol. The summed E-state index contributed by atoms with van der Waals surface area (Å²) in [6.45, 7) is 1.98. The van der Waals surface area contributed by atoms with Gasteiger partial charge < -0.3 is 15.0 Å². The zero-order valence-corrected chi connectivity index (χ0v) is 19.6. The van der Waals surface area contributed by atoms with Crippen molar-refractivity contribution in [3.05, 3.63) is 47.0 Å². The highest BCUT2D eigenvalue weighted by Gasteiger charge is 2.41. The SMILES string of the molecule is Cc1cnc(C(=O)NC2COc3cc(C#N)ccc3N(C)C2=O)nc1C12CCCC(CC1)CC2. The summed E-state index contributed by atoms with van der Waals surface area (Å²) in [6, 6.07) is 6.08. The summed E-state index contributed by atoms with van der Waals surface area (Å²) in [4.78, 5) is 36.8. The first-order chi connectivity index (χ1) is 16.4. The van der Waals surface area contributed by atoms with Crippen molar-refractivity contribution in [1.29, 1.82) is 5.26 Å². The van der Waals surface area contributed by atoms with Gasteiger partial charge in [0.25, 0.3) is 11.8 Å². The Morgan fingerprint density at radius 1 is 1.26 bits per heavy atom. The predicted molar refractivity (Wildman–Crippen MR) is 126 cm³/mol. The van der Waals surface area contributed by atoms with Crippen molar-refractivity contribution < 1.29 is 14.3 Å². The number of likely N-dealkylation sites (N-methyl/N-ethyl adjacent to an activating group) is 1. The second-order valence-corrected chi connectivity index (χ2v) is 9.87. The van der Waals surface area contributed by atoms with Gasteiger partial charge in [-0.3, -0.25) is 9.59 Å². The van der Waals surface area contributed by atoms with Crippen molar-refractivity contribution in [3.63, 3.8) is 0 Å². The summed E-state index contributed by atoms with van der Waals surface area (Å²) >= 11 is 0. The van der Waals surface area contributed by atoms with E-state index in [2.05, 4.69) is 16.4 Å². The van der Waals surface area contributed by atoms with Crippen LogP contribution in [0.2, 0.25) is 0 Å². The van der Waals surface area contributed by atoms with Crippen molar-refractivity contribution in [2.75, 3.05) is 18.6 Å². The summed E-state index contributed by atoms with van der Waals surface area (Å²) in [7, 11) is 1.63. The molecule has 1 unspecified atom stereocenters. The van der Waals surface area contributed by atoms with Crippen molar-refractivity contribution in [1.82, 2.24) is 15.3 Å². The van der Waals surface area contributed by atoms with Crippen LogP contribution in [0.1, 0.15) is 72.4 Å². The molecule has 8 nitrogen and oxygen atoms in total. The molecule has 1 aromatic carbocycles. The molecule has 1 aliphatic heterocycles. The molecular formula is C26H29N5O3. The third-order valence-electron chi connectivity index (χ3n) is 7.80. The molecule has 4 aliphatic rings. The normalized spacial score (nSPS) is 26.0. The van der Waals surface area contributed by atoms with E-state index < -0.39 is 11.9 Å². The van der Waals surface area contributed by atoms with Crippen molar-refractivity contribution >= 4 is 17.5 Å². The molecular weight excluding hydrogens is 430 g/mol. The van der Waals surface area contributed by atoms with Crippen molar-refractivity contribution in [2.24, 2.45) is 5.92 Å². The molecule has 3 aliphatic carbocycles. The number of aromatic nitrogens is 2. The Hall–Kier alpha value is -3.47. The lowest BCUT2D eigenvalue weighted by atomic mass is 9.68. The molecule has 2 aromatic rings. The van der Waals surface area contributed by atoms with Crippen molar-refractivity contribution in [3.8, 4) is 11.8 Å². The third-order valence-corrected chi connectivity index (χ3v) is 7.80. The maximum absolute atomic E-state index is 13.2. The van der Waals surface area contributed by atoms with Crippen LogP contribution in [0.3, 0.4) is 0 Å². The van der Waals surface area contributed by atoms with Gasteiger partial charge in [0.2, 0.25) is 5.82 Å². The molecule has 8 heteroatoms. The van der Waals surface area contributed by atoms with Crippen LogP contribution in [0.15, 0.2) is 24.4 Å². The highest BCUT2D eigenvalue weighted by molar-refractivity contribution is 6.02. The number of nitrogens with zero attached hydrogens (tertiary/aromatic N) is 4. The first kappa shape index (κ1) is 22.3. The number of carbonyl (C=O) groups excluding carboxylic acids is 2. The van der Waals surface area contributed by atoms with Gasteiger partial charge in [0, 0.05) is 24.7 Å². The van der Waals surface area contributed by atoms with Gasteiger partial charge in [0.05, 0.1) is 23.0 Å². The highest BCUT2D eigenvalue weighted by atomic mass is 16.5. The molecule has 3 saturated carbocycles. The predicted octanol–water partition coefficient (Wildman–Crippen LogP) is 3.42. The van der Waals surface area contributed by atoms with Gasteiger partial charge in [-0.2, -0.15) is 5.26 Å². The van der Waals surface area contributed by atoms with E-state index in [9.17, 15) is 9.59 Å². The minimum Gasteiger partial charge on any atom is -0.489 e. The zero-order valence-electron chi connectivity index (χ0n) is 19.6. The van der Waals surface area contributed by atoms with Crippen LogP contribution in [-0.4, -0.2) is 41.5 Å². The van der Waals surface area contributed by atoms with E-state index in [4.69, 9.17) is 15.0 Å². The van der Waals surface area contributed by atoms with Crippen LogP contribution in [0.25, 0.3) is 0 Å². The molecule has 1 N–H and O–H groups in total. The van der Waals surface area contributed by atoms with E-state index in [0.29, 0.717) is 17.0 Å². The van der Waals surface area contributed by atoms with Gasteiger partial charge in [-0.05, 0) is 62.6 Å². The summed E-state index contributed by atoms with van der Waals surface area (Å²) < 4.78 is 5.80. The summed E-state index contributed by atoms with van der Waals surface area (Å²) in [6.07, 6.45) is 9.99. The average Bonchev–Trinajstić information content (AvgIpc) is 3.24. The Bertz CT molecular complexity index is 1170. The Morgan fingerprint density at radius 2 is 2.06 bits per heavy atom. The number of carbonyl (C=O) groups is 2.